The Morgan fingerprint density at radius 1 is 1.28 bits per heavy atom. The van der Waals surface area contributed by atoms with Crippen molar-refractivity contribution in [3.8, 4) is 0 Å². The number of carbonyl (C=O) groups is 1. The van der Waals surface area contributed by atoms with Crippen molar-refractivity contribution in [3.05, 3.63) is 63.3 Å². The fourth-order valence-electron chi connectivity index (χ4n) is 2.85. The maximum atomic E-state index is 12.8. The summed E-state index contributed by atoms with van der Waals surface area (Å²) in [7, 11) is -3.06. The van der Waals surface area contributed by atoms with E-state index in [0.29, 0.717) is 18.0 Å². The molecule has 0 bridgehead atoms. The monoisotopic (exact) mass is 395 g/mol. The summed E-state index contributed by atoms with van der Waals surface area (Å²) in [6, 6.07) is 10.9. The lowest BCUT2D eigenvalue weighted by Gasteiger charge is -2.26. The van der Waals surface area contributed by atoms with Gasteiger partial charge in [0.1, 0.15) is 0 Å². The molecule has 2 heterocycles. The van der Waals surface area contributed by atoms with Crippen LogP contribution in [-0.4, -0.2) is 36.8 Å². The minimum atomic E-state index is -3.06. The van der Waals surface area contributed by atoms with Gasteiger partial charge in [-0.25, -0.2) is 8.42 Å². The number of thiophene rings is 1. The number of amides is 1. The third-order valence-electron chi connectivity index (χ3n) is 4.15. The smallest absolute Gasteiger partial charge is 0.247 e. The summed E-state index contributed by atoms with van der Waals surface area (Å²) in [5.41, 5.74) is 0.757. The highest BCUT2D eigenvalue weighted by Crippen LogP contribution is 2.23. The van der Waals surface area contributed by atoms with E-state index in [-0.39, 0.29) is 23.5 Å². The highest BCUT2D eigenvalue weighted by Gasteiger charge is 2.34. The Bertz CT molecular complexity index is 875. The first-order valence-corrected chi connectivity index (χ1v) is 11.0. The van der Waals surface area contributed by atoms with Crippen LogP contribution in [0.15, 0.2) is 47.9 Å². The maximum absolute atomic E-state index is 12.8. The molecule has 0 spiro atoms. The Morgan fingerprint density at radius 2 is 2.08 bits per heavy atom. The number of carbonyl (C=O) groups excluding carboxylic acids is 1. The maximum Gasteiger partial charge on any atom is 0.247 e. The summed E-state index contributed by atoms with van der Waals surface area (Å²) < 4.78 is 23.6. The van der Waals surface area contributed by atoms with Gasteiger partial charge in [0.2, 0.25) is 5.91 Å². The van der Waals surface area contributed by atoms with Gasteiger partial charge in [0.15, 0.2) is 9.84 Å². The molecule has 0 radical (unpaired) electrons. The van der Waals surface area contributed by atoms with Gasteiger partial charge in [-0.3, -0.25) is 4.79 Å². The summed E-state index contributed by atoms with van der Waals surface area (Å²) in [5, 5.41) is 2.52. The molecule has 25 heavy (non-hydrogen) atoms. The van der Waals surface area contributed by atoms with Crippen molar-refractivity contribution in [1.82, 2.24) is 4.90 Å². The SMILES string of the molecule is O=C(/C=C/c1ccccc1Cl)N(Cc1cccs1)[C@@H]1CCS(=O)(=O)C1. The molecule has 1 fully saturated rings. The molecule has 2 aromatic rings. The van der Waals surface area contributed by atoms with Crippen molar-refractivity contribution in [2.75, 3.05) is 11.5 Å². The minimum Gasteiger partial charge on any atom is -0.330 e. The molecule has 0 unspecified atom stereocenters. The van der Waals surface area contributed by atoms with Crippen LogP contribution < -0.4 is 0 Å². The standard InChI is InChI=1S/C18H18ClNO3S2/c19-17-6-2-1-4-14(17)7-8-18(21)20(12-16-5-3-10-24-16)15-9-11-25(22,23)13-15/h1-8,10,15H,9,11-13H2/b8-7+/t15-/m1/s1. The van der Waals surface area contributed by atoms with Crippen LogP contribution in [0.1, 0.15) is 16.9 Å². The van der Waals surface area contributed by atoms with E-state index in [0.717, 1.165) is 10.4 Å². The number of sulfone groups is 1. The fraction of sp³-hybridized carbons (Fsp3) is 0.278. The zero-order valence-corrected chi connectivity index (χ0v) is 15.9. The average molecular weight is 396 g/mol. The van der Waals surface area contributed by atoms with Crippen LogP contribution in [0.2, 0.25) is 5.02 Å². The molecular weight excluding hydrogens is 378 g/mol. The third-order valence-corrected chi connectivity index (χ3v) is 7.10. The normalized spacial score (nSPS) is 19.3. The van der Waals surface area contributed by atoms with Gasteiger partial charge in [-0.05, 0) is 35.6 Å². The topological polar surface area (TPSA) is 54.5 Å². The molecule has 1 aliphatic rings. The largest absolute Gasteiger partial charge is 0.330 e. The van der Waals surface area contributed by atoms with E-state index >= 15 is 0 Å². The van der Waals surface area contributed by atoms with Crippen molar-refractivity contribution in [2.24, 2.45) is 0 Å². The molecule has 0 N–H and O–H groups in total. The Balaban J connectivity index is 1.80. The molecule has 132 valence electrons. The van der Waals surface area contributed by atoms with Gasteiger partial charge in [0, 0.05) is 22.0 Å². The van der Waals surface area contributed by atoms with Gasteiger partial charge < -0.3 is 4.90 Å². The van der Waals surface area contributed by atoms with Crippen molar-refractivity contribution >= 4 is 44.8 Å². The van der Waals surface area contributed by atoms with Gasteiger partial charge in [0.25, 0.3) is 0 Å². The van der Waals surface area contributed by atoms with E-state index in [1.54, 1.807) is 28.4 Å². The first-order chi connectivity index (χ1) is 11.9. The first-order valence-electron chi connectivity index (χ1n) is 7.91. The van der Waals surface area contributed by atoms with E-state index < -0.39 is 9.84 Å². The van der Waals surface area contributed by atoms with Gasteiger partial charge in [0.05, 0.1) is 18.1 Å². The van der Waals surface area contributed by atoms with Crippen molar-refractivity contribution in [1.29, 1.82) is 0 Å². The van der Waals surface area contributed by atoms with Crippen LogP contribution >= 0.6 is 22.9 Å². The molecular formula is C18H18ClNO3S2. The summed E-state index contributed by atoms with van der Waals surface area (Å²) in [6.45, 7) is 0.420. The fourth-order valence-corrected chi connectivity index (χ4v) is 5.48. The average Bonchev–Trinajstić information content (AvgIpc) is 3.20. The van der Waals surface area contributed by atoms with Crippen LogP contribution in [0.4, 0.5) is 0 Å². The number of hydrogen-bond donors (Lipinski definition) is 0. The van der Waals surface area contributed by atoms with E-state index in [1.165, 1.54) is 6.08 Å². The minimum absolute atomic E-state index is 0.0318. The number of hydrogen-bond acceptors (Lipinski definition) is 4. The van der Waals surface area contributed by atoms with E-state index in [1.807, 2.05) is 35.7 Å². The zero-order chi connectivity index (χ0) is 17.9. The van der Waals surface area contributed by atoms with E-state index in [2.05, 4.69) is 0 Å². The first kappa shape index (κ1) is 18.2. The van der Waals surface area contributed by atoms with Gasteiger partial charge in [-0.15, -0.1) is 11.3 Å². The van der Waals surface area contributed by atoms with Crippen molar-refractivity contribution in [3.63, 3.8) is 0 Å². The van der Waals surface area contributed by atoms with Crippen LogP contribution in [-0.2, 0) is 21.2 Å². The second-order valence-corrected chi connectivity index (χ2v) is 9.63. The number of halogens is 1. The predicted octanol–water partition coefficient (Wildman–Crippen LogP) is 3.63. The molecule has 0 aliphatic carbocycles. The molecule has 1 saturated heterocycles. The third kappa shape index (κ3) is 4.71. The van der Waals surface area contributed by atoms with Crippen LogP contribution in [0.3, 0.4) is 0 Å². The predicted molar refractivity (Wildman–Crippen MR) is 102 cm³/mol. The molecule has 7 heteroatoms. The lowest BCUT2D eigenvalue weighted by molar-refractivity contribution is -0.128. The van der Waals surface area contributed by atoms with Crippen LogP contribution in [0.5, 0.6) is 0 Å². The van der Waals surface area contributed by atoms with Crippen molar-refractivity contribution in [2.45, 2.75) is 19.0 Å². The summed E-state index contributed by atoms with van der Waals surface area (Å²) >= 11 is 7.67. The Hall–Kier alpha value is -1.63. The Kier molecular flexibility index (Phi) is 5.61. The molecule has 3 rings (SSSR count). The molecule has 1 amide bonds. The Labute approximate surface area is 156 Å². The molecule has 1 aliphatic heterocycles. The molecule has 1 aromatic heterocycles. The van der Waals surface area contributed by atoms with Crippen molar-refractivity contribution < 1.29 is 13.2 Å². The van der Waals surface area contributed by atoms with E-state index in [9.17, 15) is 13.2 Å². The second kappa shape index (κ2) is 7.72. The quantitative estimate of drug-likeness (QED) is 0.726. The number of nitrogens with zero attached hydrogens (tertiary/aromatic N) is 1. The molecule has 4 nitrogen and oxygen atoms in total. The number of rotatable bonds is 5. The van der Waals surface area contributed by atoms with Gasteiger partial charge >= 0.3 is 0 Å². The lowest BCUT2D eigenvalue weighted by atomic mass is 10.2. The zero-order valence-electron chi connectivity index (χ0n) is 13.5. The van der Waals surface area contributed by atoms with Crippen LogP contribution in [0, 0.1) is 0 Å². The summed E-state index contributed by atoms with van der Waals surface area (Å²) in [4.78, 5) is 15.4. The molecule has 1 atom stereocenters. The molecule has 0 saturated carbocycles. The van der Waals surface area contributed by atoms with Crippen LogP contribution in [0.25, 0.3) is 6.08 Å². The highest BCUT2D eigenvalue weighted by molar-refractivity contribution is 7.91. The molecule has 1 aromatic carbocycles. The van der Waals surface area contributed by atoms with E-state index in [4.69, 9.17) is 11.6 Å². The summed E-state index contributed by atoms with van der Waals surface area (Å²) in [6.07, 6.45) is 3.63. The lowest BCUT2D eigenvalue weighted by Crippen LogP contribution is -2.39. The summed E-state index contributed by atoms with van der Waals surface area (Å²) in [5.74, 6) is -0.0279. The number of benzene rings is 1. The Morgan fingerprint density at radius 3 is 2.72 bits per heavy atom. The highest BCUT2D eigenvalue weighted by atomic mass is 35.5. The van der Waals surface area contributed by atoms with Gasteiger partial charge in [-0.1, -0.05) is 35.9 Å². The second-order valence-electron chi connectivity index (χ2n) is 5.96. The van der Waals surface area contributed by atoms with Gasteiger partial charge in [-0.2, -0.15) is 0 Å².